The predicted molar refractivity (Wildman–Crippen MR) is 117 cm³/mol. The van der Waals surface area contributed by atoms with Gasteiger partial charge in [-0.05, 0) is 70.5 Å². The minimum Gasteiger partial charge on any atom is -0.486 e. The summed E-state index contributed by atoms with van der Waals surface area (Å²) in [6.07, 6.45) is 1.61. The highest BCUT2D eigenvalue weighted by Crippen LogP contribution is 2.35. The van der Waals surface area contributed by atoms with Gasteiger partial charge in [-0.2, -0.15) is 5.10 Å². The molecule has 2 aromatic carbocycles. The van der Waals surface area contributed by atoms with E-state index in [1.54, 1.807) is 24.4 Å². The molecule has 4 nitrogen and oxygen atoms in total. The summed E-state index contributed by atoms with van der Waals surface area (Å²) in [6, 6.07) is 8.92. The molecule has 0 aliphatic carbocycles. The van der Waals surface area contributed by atoms with E-state index in [1.807, 2.05) is 19.1 Å². The van der Waals surface area contributed by atoms with Crippen molar-refractivity contribution in [3.05, 3.63) is 61.0 Å². The third-order valence-corrected chi connectivity index (χ3v) is 4.95. The van der Waals surface area contributed by atoms with Crippen LogP contribution in [0.3, 0.4) is 0 Å². The average Bonchev–Trinajstić information content (AvgIpc) is 2.57. The zero-order chi connectivity index (χ0) is 19.1. The van der Waals surface area contributed by atoms with E-state index in [2.05, 4.69) is 31.8 Å². The molecule has 0 saturated carbocycles. The van der Waals surface area contributed by atoms with Gasteiger partial charge in [0.1, 0.15) is 6.61 Å². The normalized spacial score (nSPS) is 10.8. The molecular weight excluding hydrogens is 481 g/mol. The molecule has 0 bridgehead atoms. The maximum atomic E-state index is 6.33. The highest BCUT2D eigenvalue weighted by atomic mass is 79.9. The van der Waals surface area contributed by atoms with Gasteiger partial charge in [0.25, 0.3) is 0 Å². The Hall–Kier alpha value is -1.05. The van der Waals surface area contributed by atoms with E-state index in [-0.39, 0.29) is 0 Å². The van der Waals surface area contributed by atoms with Crippen LogP contribution >= 0.6 is 63.0 Å². The van der Waals surface area contributed by atoms with Gasteiger partial charge < -0.3 is 10.1 Å². The Bertz CT molecular complexity index is 810. The average molecular weight is 496 g/mol. The van der Waals surface area contributed by atoms with Crippen LogP contribution in [-0.4, -0.2) is 17.9 Å². The number of ether oxygens (including phenoxy) is 1. The number of thiocarbonyl (C=S) groups is 1. The minimum atomic E-state index is 0.307. The maximum Gasteiger partial charge on any atom is 0.186 e. The molecule has 2 aromatic rings. The molecule has 2 N–H and O–H groups in total. The van der Waals surface area contributed by atoms with E-state index >= 15 is 0 Å². The first-order valence-electron chi connectivity index (χ1n) is 7.53. The second kappa shape index (κ2) is 10.3. The Kier molecular flexibility index (Phi) is 8.44. The van der Waals surface area contributed by atoms with Crippen molar-refractivity contribution >= 4 is 74.3 Å². The van der Waals surface area contributed by atoms with E-state index in [9.17, 15) is 0 Å². The molecule has 0 atom stereocenters. The third kappa shape index (κ3) is 6.28. The first-order valence-corrected chi connectivity index (χ1v) is 9.87. The van der Waals surface area contributed by atoms with Crippen molar-refractivity contribution in [1.82, 2.24) is 10.7 Å². The molecule has 0 aliphatic rings. The van der Waals surface area contributed by atoms with Crippen molar-refractivity contribution in [2.45, 2.75) is 13.5 Å². The quantitative estimate of drug-likeness (QED) is 0.302. The van der Waals surface area contributed by atoms with Gasteiger partial charge in [-0.3, -0.25) is 5.43 Å². The first kappa shape index (κ1) is 21.3. The van der Waals surface area contributed by atoms with Crippen molar-refractivity contribution < 1.29 is 4.74 Å². The number of nitrogens with one attached hydrogen (secondary N) is 2. The topological polar surface area (TPSA) is 45.7 Å². The van der Waals surface area contributed by atoms with Crippen LogP contribution in [0, 0.1) is 0 Å². The van der Waals surface area contributed by atoms with Crippen LogP contribution in [-0.2, 0) is 6.61 Å². The molecule has 0 heterocycles. The minimum absolute atomic E-state index is 0.307. The molecule has 0 fully saturated rings. The molecule has 0 unspecified atom stereocenters. The number of benzene rings is 2. The van der Waals surface area contributed by atoms with Crippen molar-refractivity contribution in [2.24, 2.45) is 5.10 Å². The molecule has 0 saturated heterocycles. The summed E-state index contributed by atoms with van der Waals surface area (Å²) < 4.78 is 6.52. The summed E-state index contributed by atoms with van der Waals surface area (Å²) in [5.74, 6) is 0.533. The van der Waals surface area contributed by atoms with Crippen molar-refractivity contribution in [3.63, 3.8) is 0 Å². The Morgan fingerprint density at radius 2 is 1.96 bits per heavy atom. The van der Waals surface area contributed by atoms with E-state index < -0.39 is 0 Å². The third-order valence-electron chi connectivity index (χ3n) is 3.10. The summed E-state index contributed by atoms with van der Waals surface area (Å²) in [7, 11) is 0. The number of hydrogen-bond acceptors (Lipinski definition) is 3. The second-order valence-corrected chi connectivity index (χ2v) is 7.56. The van der Waals surface area contributed by atoms with Gasteiger partial charge in [-0.15, -0.1) is 0 Å². The van der Waals surface area contributed by atoms with Crippen LogP contribution in [0.1, 0.15) is 18.1 Å². The SMILES string of the molecule is CCNC(=S)NN=Cc1cc(Cl)c(OCc2ccc(Cl)c(Cl)c2)c(Br)c1. The molecule has 138 valence electrons. The number of hydrogen-bond donors (Lipinski definition) is 2. The van der Waals surface area contributed by atoms with E-state index in [4.69, 9.17) is 51.8 Å². The Morgan fingerprint density at radius 1 is 1.19 bits per heavy atom. The van der Waals surface area contributed by atoms with E-state index in [1.165, 1.54) is 0 Å². The lowest BCUT2D eigenvalue weighted by Gasteiger charge is -2.11. The van der Waals surface area contributed by atoms with Gasteiger partial charge in [0.15, 0.2) is 10.9 Å². The maximum absolute atomic E-state index is 6.33. The van der Waals surface area contributed by atoms with E-state index in [0.717, 1.165) is 17.7 Å². The molecular formula is C17H15BrCl3N3OS. The lowest BCUT2D eigenvalue weighted by Crippen LogP contribution is -2.31. The molecule has 26 heavy (non-hydrogen) atoms. The summed E-state index contributed by atoms with van der Waals surface area (Å²) in [5, 5.41) is 8.88. The molecule has 0 radical (unpaired) electrons. The molecule has 9 heteroatoms. The van der Waals surface area contributed by atoms with Gasteiger partial charge in [0.2, 0.25) is 0 Å². The monoisotopic (exact) mass is 493 g/mol. The summed E-state index contributed by atoms with van der Waals surface area (Å²) in [6.45, 7) is 2.98. The fourth-order valence-electron chi connectivity index (χ4n) is 1.94. The summed E-state index contributed by atoms with van der Waals surface area (Å²) in [5.41, 5.74) is 4.39. The fraction of sp³-hybridized carbons (Fsp3) is 0.176. The summed E-state index contributed by atoms with van der Waals surface area (Å²) >= 11 is 26.7. The standard InChI is InChI=1S/C17H15BrCl3N3OS/c1-2-22-17(26)24-23-8-11-5-12(18)16(15(21)7-11)25-9-10-3-4-13(19)14(20)6-10/h3-8H,2,9H2,1H3,(H2,22,24,26). The molecule has 0 amide bonds. The van der Waals surface area contributed by atoms with Gasteiger partial charge in [-0.25, -0.2) is 0 Å². The zero-order valence-corrected chi connectivity index (χ0v) is 18.3. The van der Waals surface area contributed by atoms with Crippen LogP contribution in [0.5, 0.6) is 5.75 Å². The largest absolute Gasteiger partial charge is 0.486 e. The molecule has 0 aliphatic heterocycles. The Morgan fingerprint density at radius 3 is 2.62 bits per heavy atom. The first-order chi connectivity index (χ1) is 12.4. The zero-order valence-electron chi connectivity index (χ0n) is 13.7. The highest BCUT2D eigenvalue weighted by molar-refractivity contribution is 9.10. The van der Waals surface area contributed by atoms with Crippen LogP contribution < -0.4 is 15.5 Å². The number of hydrazone groups is 1. The molecule has 2 rings (SSSR count). The van der Waals surface area contributed by atoms with Crippen molar-refractivity contribution in [2.75, 3.05) is 6.54 Å². The van der Waals surface area contributed by atoms with Gasteiger partial charge in [-0.1, -0.05) is 40.9 Å². The second-order valence-electron chi connectivity index (χ2n) is 5.08. The van der Waals surface area contributed by atoms with Gasteiger partial charge >= 0.3 is 0 Å². The Labute approximate surface area is 181 Å². The molecule has 0 aromatic heterocycles. The van der Waals surface area contributed by atoms with Gasteiger partial charge in [0.05, 0.1) is 25.8 Å². The highest BCUT2D eigenvalue weighted by Gasteiger charge is 2.10. The smallest absolute Gasteiger partial charge is 0.186 e. The Balaban J connectivity index is 2.05. The molecule has 0 spiro atoms. The number of nitrogens with zero attached hydrogens (tertiary/aromatic N) is 1. The van der Waals surface area contributed by atoms with Crippen LogP contribution in [0.15, 0.2) is 39.9 Å². The predicted octanol–water partition coefficient (Wildman–Crippen LogP) is 5.81. The summed E-state index contributed by atoms with van der Waals surface area (Å²) in [4.78, 5) is 0. The van der Waals surface area contributed by atoms with Crippen LogP contribution in [0.4, 0.5) is 0 Å². The lowest BCUT2D eigenvalue weighted by molar-refractivity contribution is 0.304. The van der Waals surface area contributed by atoms with E-state index in [0.29, 0.717) is 37.0 Å². The van der Waals surface area contributed by atoms with Crippen LogP contribution in [0.25, 0.3) is 0 Å². The fourth-order valence-corrected chi connectivity index (χ4v) is 3.45. The number of rotatable bonds is 6. The number of halogens is 4. The lowest BCUT2D eigenvalue weighted by atomic mass is 10.2. The van der Waals surface area contributed by atoms with Crippen molar-refractivity contribution in [1.29, 1.82) is 0 Å². The van der Waals surface area contributed by atoms with Gasteiger partial charge in [0, 0.05) is 6.54 Å². The van der Waals surface area contributed by atoms with Crippen LogP contribution in [0.2, 0.25) is 15.1 Å². The van der Waals surface area contributed by atoms with Crippen molar-refractivity contribution in [3.8, 4) is 5.75 Å².